The fraction of sp³-hybridized carbons (Fsp3) is 0.600. The predicted octanol–water partition coefficient (Wildman–Crippen LogP) is 0.355. The van der Waals surface area contributed by atoms with E-state index in [1.807, 2.05) is 0 Å². The zero-order valence-corrected chi connectivity index (χ0v) is 6.41. The Bertz CT molecular complexity index is 211. The van der Waals surface area contributed by atoms with Gasteiger partial charge < -0.3 is 10.2 Å². The van der Waals surface area contributed by atoms with Crippen LogP contribution >= 0.6 is 8.46 Å². The number of aliphatic hydroxyl groups is 1. The molecule has 0 aliphatic carbocycles. The van der Waals surface area contributed by atoms with Gasteiger partial charge in [0.05, 0.1) is 6.07 Å². The minimum atomic E-state index is -2.30. The summed E-state index contributed by atoms with van der Waals surface area (Å²) in [5, 5.41) is 23.0. The molecule has 0 rings (SSSR count). The van der Waals surface area contributed by atoms with Crippen LogP contribution in [0.25, 0.3) is 0 Å². The lowest BCUT2D eigenvalue weighted by Gasteiger charge is -2.11. The van der Waals surface area contributed by atoms with Crippen LogP contribution in [0.3, 0.4) is 0 Å². The maximum Gasteiger partial charge on any atom is 0.348 e. The van der Waals surface area contributed by atoms with E-state index in [0.29, 0.717) is 0 Å². The van der Waals surface area contributed by atoms with Crippen molar-refractivity contribution in [2.24, 2.45) is 0 Å². The number of nitriles is 1. The second-order valence-corrected chi connectivity index (χ2v) is 2.79. The second kappa shape index (κ2) is 4.02. The minimum absolute atomic E-state index is 0.141. The third kappa shape index (κ3) is 2.62. The lowest BCUT2D eigenvalue weighted by atomic mass is 10.2. The highest BCUT2D eigenvalue weighted by atomic mass is 31.1. The van der Waals surface area contributed by atoms with Gasteiger partial charge in [0.1, 0.15) is 0 Å². The van der Waals surface area contributed by atoms with Crippen LogP contribution in [-0.4, -0.2) is 21.5 Å². The van der Waals surface area contributed by atoms with Crippen LogP contribution in [0.2, 0.25) is 0 Å². The molecule has 0 amide bonds. The Kier molecular flexibility index (Phi) is 3.66. The Morgan fingerprint density at radius 1 is 1.73 bits per heavy atom. The molecule has 0 aliphatic heterocycles. The molecule has 1 atom stereocenters. The van der Waals surface area contributed by atoms with Gasteiger partial charge >= 0.3 is 5.97 Å². The van der Waals surface area contributed by atoms with E-state index in [-0.39, 0.29) is 12.8 Å². The van der Waals surface area contributed by atoms with Gasteiger partial charge in [0.25, 0.3) is 0 Å². The van der Waals surface area contributed by atoms with Crippen molar-refractivity contribution in [3.8, 4) is 6.07 Å². The molecule has 0 radical (unpaired) electrons. The Hall–Kier alpha value is -0.980. The van der Waals surface area contributed by atoms with Crippen molar-refractivity contribution in [1.29, 1.82) is 5.26 Å². The lowest BCUT2D eigenvalue weighted by Crippen LogP contribution is -2.31. The quantitative estimate of drug-likeness (QED) is 0.600. The van der Waals surface area contributed by atoms with E-state index < -0.39 is 19.8 Å². The number of carboxylic acid groups (broad SMARTS) is 1. The summed E-state index contributed by atoms with van der Waals surface area (Å²) in [5.41, 5.74) is 0. The highest BCUT2D eigenvalue weighted by Gasteiger charge is 2.36. The molecule has 11 heavy (non-hydrogen) atoms. The zero-order chi connectivity index (χ0) is 8.91. The summed E-state index contributed by atoms with van der Waals surface area (Å²) < 4.78 is 10.1. The molecule has 0 saturated heterocycles. The van der Waals surface area contributed by atoms with Crippen LogP contribution in [0.15, 0.2) is 0 Å². The molecule has 2 N–H and O–H groups in total. The van der Waals surface area contributed by atoms with E-state index in [9.17, 15) is 9.36 Å². The summed E-state index contributed by atoms with van der Waals surface area (Å²) in [7, 11) is -0.889. The monoisotopic (exact) mass is 175 g/mol. The summed E-state index contributed by atoms with van der Waals surface area (Å²) in [6.07, 6.45) is -0.470. The maximum absolute atomic E-state index is 10.2. The molecule has 60 valence electrons. The maximum atomic E-state index is 10.2. The zero-order valence-electron chi connectivity index (χ0n) is 5.52. The van der Waals surface area contributed by atoms with Crippen molar-refractivity contribution in [2.75, 3.05) is 0 Å². The first-order valence-corrected chi connectivity index (χ1v) is 3.55. The number of aliphatic carboxylic acids is 1. The van der Waals surface area contributed by atoms with Gasteiger partial charge in [0.2, 0.25) is 13.8 Å². The summed E-state index contributed by atoms with van der Waals surface area (Å²) in [6.45, 7) is 0. The fourth-order valence-corrected chi connectivity index (χ4v) is 0.703. The average molecular weight is 175 g/mol. The Morgan fingerprint density at radius 2 is 2.27 bits per heavy atom. The normalized spacial score (nSPS) is 15.3. The lowest BCUT2D eigenvalue weighted by molar-refractivity contribution is -0.150. The van der Waals surface area contributed by atoms with Crippen LogP contribution < -0.4 is 0 Å². The molecule has 0 heterocycles. The van der Waals surface area contributed by atoms with Gasteiger partial charge in [-0.15, -0.1) is 0 Å². The number of hydrogen-bond donors (Lipinski definition) is 2. The van der Waals surface area contributed by atoms with Gasteiger partial charge in [0.15, 0.2) is 0 Å². The Balaban J connectivity index is 4.25. The second-order valence-electron chi connectivity index (χ2n) is 1.87. The predicted molar refractivity (Wildman–Crippen MR) is 35.0 cm³/mol. The Morgan fingerprint density at radius 3 is 2.55 bits per heavy atom. The van der Waals surface area contributed by atoms with Crippen molar-refractivity contribution in [3.63, 3.8) is 0 Å². The minimum Gasteiger partial charge on any atom is -0.479 e. The summed E-state index contributed by atoms with van der Waals surface area (Å²) in [6, 6.07) is 1.65. The highest BCUT2D eigenvalue weighted by molar-refractivity contribution is 7.27. The van der Waals surface area contributed by atoms with E-state index in [1.165, 1.54) is 0 Å². The van der Waals surface area contributed by atoms with Gasteiger partial charge in [-0.3, -0.25) is 4.57 Å². The molecule has 0 aliphatic rings. The molecule has 0 aromatic heterocycles. The average Bonchev–Trinajstić information content (AvgIpc) is 2.00. The van der Waals surface area contributed by atoms with Crippen molar-refractivity contribution in [3.05, 3.63) is 0 Å². The summed E-state index contributed by atoms with van der Waals surface area (Å²) >= 11 is 0. The van der Waals surface area contributed by atoms with Gasteiger partial charge in [-0.1, -0.05) is 0 Å². The van der Waals surface area contributed by atoms with Gasteiger partial charge in [-0.2, -0.15) is 5.26 Å². The third-order valence-electron chi connectivity index (χ3n) is 1.08. The van der Waals surface area contributed by atoms with Crippen molar-refractivity contribution < 1.29 is 19.6 Å². The van der Waals surface area contributed by atoms with E-state index in [1.54, 1.807) is 6.07 Å². The fourth-order valence-electron chi connectivity index (χ4n) is 0.422. The molecular formula is C5H6NO4P. The molecule has 5 nitrogen and oxygen atoms in total. The first-order valence-electron chi connectivity index (χ1n) is 2.74. The number of carbonyl (C=O) groups is 1. The molecule has 0 fully saturated rings. The van der Waals surface area contributed by atoms with E-state index in [2.05, 4.69) is 0 Å². The molecule has 1 unspecified atom stereocenters. The number of hydrogen-bond acceptors (Lipinski definition) is 4. The topological polar surface area (TPSA) is 98.4 Å². The van der Waals surface area contributed by atoms with Crippen molar-refractivity contribution in [1.82, 2.24) is 0 Å². The molecule has 0 aromatic rings. The molecule has 0 spiro atoms. The van der Waals surface area contributed by atoms with Crippen LogP contribution in [-0.2, 0) is 9.36 Å². The van der Waals surface area contributed by atoms with E-state index in [0.717, 1.165) is 0 Å². The largest absolute Gasteiger partial charge is 0.479 e. The summed E-state index contributed by atoms with van der Waals surface area (Å²) in [4.78, 5) is 10.2. The molecule has 6 heteroatoms. The van der Waals surface area contributed by atoms with Gasteiger partial charge in [-0.25, -0.2) is 4.79 Å². The Labute approximate surface area is 64.5 Å². The number of nitrogens with zero attached hydrogens (tertiary/aromatic N) is 1. The first-order chi connectivity index (χ1) is 5.06. The smallest absolute Gasteiger partial charge is 0.348 e. The number of rotatable bonds is 4. The SMILES string of the molecule is N#CCCC(O)(P=O)C(=O)O. The first kappa shape index (κ1) is 10.0. The molecule has 0 bridgehead atoms. The van der Waals surface area contributed by atoms with Crippen LogP contribution in [0.4, 0.5) is 0 Å². The van der Waals surface area contributed by atoms with Crippen LogP contribution in [0.5, 0.6) is 0 Å². The van der Waals surface area contributed by atoms with E-state index >= 15 is 0 Å². The van der Waals surface area contributed by atoms with Gasteiger partial charge in [-0.05, 0) is 0 Å². The van der Waals surface area contributed by atoms with E-state index in [4.69, 9.17) is 15.5 Å². The van der Waals surface area contributed by atoms with Crippen LogP contribution in [0, 0.1) is 11.3 Å². The molecule has 0 saturated carbocycles. The van der Waals surface area contributed by atoms with Crippen molar-refractivity contribution in [2.45, 2.75) is 18.2 Å². The summed E-state index contributed by atoms with van der Waals surface area (Å²) in [5.74, 6) is -1.58. The standard InChI is InChI=1S/C5H6NO4P/c6-3-1-2-5(9,11-10)4(7)8/h9H,1-2H2,(H,7,8). The molecule has 0 aromatic carbocycles. The number of carboxylic acids is 1. The highest BCUT2D eigenvalue weighted by Crippen LogP contribution is 2.25. The van der Waals surface area contributed by atoms with Crippen molar-refractivity contribution >= 4 is 14.4 Å². The van der Waals surface area contributed by atoms with Crippen LogP contribution in [0.1, 0.15) is 12.8 Å². The third-order valence-corrected chi connectivity index (χ3v) is 1.80. The molecular weight excluding hydrogens is 169 g/mol. The van der Waals surface area contributed by atoms with Gasteiger partial charge in [0, 0.05) is 12.8 Å².